The maximum atomic E-state index is 11.8. The monoisotopic (exact) mass is 234 g/mol. The maximum absolute atomic E-state index is 11.8. The van der Waals surface area contributed by atoms with Crippen molar-refractivity contribution in [3.63, 3.8) is 0 Å². The van der Waals surface area contributed by atoms with Gasteiger partial charge in [-0.2, -0.15) is 0 Å². The number of aromatic nitrogens is 2. The first-order valence-corrected chi connectivity index (χ1v) is 6.76. The Balaban J connectivity index is 2.22. The molecule has 0 atom stereocenters. The van der Waals surface area contributed by atoms with E-state index in [4.69, 9.17) is 0 Å². The van der Waals surface area contributed by atoms with E-state index in [1.165, 1.54) is 44.9 Å². The van der Waals surface area contributed by atoms with Gasteiger partial charge in [0.25, 0.3) is 5.56 Å². The summed E-state index contributed by atoms with van der Waals surface area (Å²) in [5.41, 5.74) is 1.67. The lowest BCUT2D eigenvalue weighted by Crippen LogP contribution is -2.19. The number of hydrogen-bond acceptors (Lipinski definition) is 2. The Kier molecular flexibility index (Phi) is 3.97. The third-order valence-corrected chi connectivity index (χ3v) is 3.90. The van der Waals surface area contributed by atoms with E-state index < -0.39 is 0 Å². The van der Waals surface area contributed by atoms with Crippen LogP contribution in [-0.4, -0.2) is 9.97 Å². The molecule has 0 amide bonds. The molecule has 3 nitrogen and oxygen atoms in total. The lowest BCUT2D eigenvalue weighted by Gasteiger charge is -2.19. The second kappa shape index (κ2) is 5.48. The molecule has 3 heteroatoms. The van der Waals surface area contributed by atoms with Crippen molar-refractivity contribution in [1.29, 1.82) is 0 Å². The van der Waals surface area contributed by atoms with Crippen LogP contribution in [0.3, 0.4) is 0 Å². The Hall–Kier alpha value is -1.12. The molecule has 0 saturated heterocycles. The Morgan fingerprint density at radius 3 is 2.24 bits per heavy atom. The van der Waals surface area contributed by atoms with Crippen LogP contribution in [0.25, 0.3) is 0 Å². The molecule has 0 aromatic carbocycles. The number of rotatable bonds is 1. The molecule has 0 radical (unpaired) electrons. The van der Waals surface area contributed by atoms with E-state index in [0.717, 1.165) is 17.1 Å². The number of hydrogen-bond donors (Lipinski definition) is 1. The average molecular weight is 234 g/mol. The highest BCUT2D eigenvalue weighted by molar-refractivity contribution is 5.15. The number of H-pyrrole nitrogens is 1. The SMILES string of the molecule is Cc1nc(C2CCCCCCC2)[nH]c(=O)c1C. The molecule has 1 aromatic heterocycles. The van der Waals surface area contributed by atoms with Gasteiger partial charge in [0.1, 0.15) is 5.82 Å². The minimum absolute atomic E-state index is 0.0366. The van der Waals surface area contributed by atoms with Crippen LogP contribution in [0.1, 0.15) is 67.9 Å². The smallest absolute Gasteiger partial charge is 0.254 e. The summed E-state index contributed by atoms with van der Waals surface area (Å²) in [5, 5.41) is 0. The largest absolute Gasteiger partial charge is 0.310 e. The zero-order valence-corrected chi connectivity index (χ0v) is 10.9. The van der Waals surface area contributed by atoms with Crippen molar-refractivity contribution in [2.75, 3.05) is 0 Å². The summed E-state index contributed by atoms with van der Waals surface area (Å²) in [4.78, 5) is 19.3. The molecule has 0 spiro atoms. The predicted molar refractivity (Wildman–Crippen MR) is 69.4 cm³/mol. The molecular weight excluding hydrogens is 212 g/mol. The van der Waals surface area contributed by atoms with Crippen LogP contribution in [0, 0.1) is 13.8 Å². The topological polar surface area (TPSA) is 45.8 Å². The van der Waals surface area contributed by atoms with Crippen LogP contribution in [0.5, 0.6) is 0 Å². The fourth-order valence-corrected chi connectivity index (χ4v) is 2.59. The summed E-state index contributed by atoms with van der Waals surface area (Å²) in [5.74, 6) is 1.38. The third kappa shape index (κ3) is 2.96. The normalized spacial score (nSPS) is 18.7. The van der Waals surface area contributed by atoms with Crippen molar-refractivity contribution in [2.45, 2.75) is 64.7 Å². The molecule has 0 unspecified atom stereocenters. The predicted octanol–water partition coefficient (Wildman–Crippen LogP) is 3.21. The van der Waals surface area contributed by atoms with E-state index >= 15 is 0 Å². The van der Waals surface area contributed by atoms with Gasteiger partial charge in [-0.25, -0.2) is 4.98 Å². The zero-order valence-electron chi connectivity index (χ0n) is 10.9. The Morgan fingerprint density at radius 2 is 1.65 bits per heavy atom. The van der Waals surface area contributed by atoms with Crippen LogP contribution in [0.4, 0.5) is 0 Å². The number of aryl methyl sites for hydroxylation is 1. The van der Waals surface area contributed by atoms with Gasteiger partial charge in [0, 0.05) is 17.2 Å². The summed E-state index contributed by atoms with van der Waals surface area (Å²) < 4.78 is 0. The van der Waals surface area contributed by atoms with Gasteiger partial charge < -0.3 is 4.98 Å². The van der Waals surface area contributed by atoms with Crippen LogP contribution < -0.4 is 5.56 Å². The van der Waals surface area contributed by atoms with Crippen LogP contribution in [0.15, 0.2) is 4.79 Å². The maximum Gasteiger partial charge on any atom is 0.254 e. The lowest BCUT2D eigenvalue weighted by atomic mass is 9.90. The summed E-state index contributed by atoms with van der Waals surface area (Å²) in [6, 6.07) is 0. The van der Waals surface area contributed by atoms with Gasteiger partial charge in [-0.1, -0.05) is 32.1 Å². The van der Waals surface area contributed by atoms with Gasteiger partial charge in [-0.05, 0) is 26.7 Å². The van der Waals surface area contributed by atoms with Crippen LogP contribution >= 0.6 is 0 Å². The van der Waals surface area contributed by atoms with Crippen molar-refractivity contribution < 1.29 is 0 Å². The van der Waals surface area contributed by atoms with Crippen molar-refractivity contribution >= 4 is 0 Å². The average Bonchev–Trinajstić information content (AvgIpc) is 2.25. The second-order valence-electron chi connectivity index (χ2n) is 5.20. The number of nitrogens with zero attached hydrogens (tertiary/aromatic N) is 1. The van der Waals surface area contributed by atoms with Gasteiger partial charge in [0.05, 0.1) is 0 Å². The molecule has 1 aliphatic carbocycles. The van der Waals surface area contributed by atoms with E-state index in [9.17, 15) is 4.79 Å². The molecule has 1 N–H and O–H groups in total. The summed E-state index contributed by atoms with van der Waals surface area (Å²) in [6.07, 6.45) is 8.89. The molecule has 1 aromatic rings. The van der Waals surface area contributed by atoms with Crippen LogP contribution in [-0.2, 0) is 0 Å². The highest BCUT2D eigenvalue weighted by Gasteiger charge is 2.16. The van der Waals surface area contributed by atoms with Gasteiger partial charge in [-0.15, -0.1) is 0 Å². The molecule has 17 heavy (non-hydrogen) atoms. The van der Waals surface area contributed by atoms with Gasteiger partial charge >= 0.3 is 0 Å². The molecule has 94 valence electrons. The molecule has 0 aliphatic heterocycles. The highest BCUT2D eigenvalue weighted by atomic mass is 16.1. The summed E-state index contributed by atoms with van der Waals surface area (Å²) >= 11 is 0. The molecule has 1 fully saturated rings. The van der Waals surface area contributed by atoms with Crippen molar-refractivity contribution in [1.82, 2.24) is 9.97 Å². The summed E-state index contributed by atoms with van der Waals surface area (Å²) in [6.45, 7) is 3.76. The Morgan fingerprint density at radius 1 is 1.06 bits per heavy atom. The zero-order chi connectivity index (χ0) is 12.3. The first kappa shape index (κ1) is 12.3. The van der Waals surface area contributed by atoms with Crippen molar-refractivity contribution in [3.05, 3.63) is 27.4 Å². The molecule has 0 bridgehead atoms. The van der Waals surface area contributed by atoms with Gasteiger partial charge in [0.2, 0.25) is 0 Å². The first-order chi connectivity index (χ1) is 8.18. The standard InChI is InChI=1S/C14H22N2O/c1-10-11(2)15-13(16-14(10)17)12-8-6-4-3-5-7-9-12/h12H,3-9H2,1-2H3,(H,15,16,17). The minimum atomic E-state index is 0.0366. The Bertz CT molecular complexity index is 428. The quantitative estimate of drug-likeness (QED) is 0.811. The van der Waals surface area contributed by atoms with E-state index in [2.05, 4.69) is 9.97 Å². The molecule has 2 rings (SSSR count). The van der Waals surface area contributed by atoms with E-state index in [0.29, 0.717) is 5.92 Å². The fourth-order valence-electron chi connectivity index (χ4n) is 2.59. The van der Waals surface area contributed by atoms with Crippen molar-refractivity contribution in [2.24, 2.45) is 0 Å². The molecular formula is C14H22N2O. The Labute approximate surface area is 103 Å². The fraction of sp³-hybridized carbons (Fsp3) is 0.714. The van der Waals surface area contributed by atoms with E-state index in [-0.39, 0.29) is 5.56 Å². The van der Waals surface area contributed by atoms with Gasteiger partial charge in [-0.3, -0.25) is 4.79 Å². The van der Waals surface area contributed by atoms with E-state index in [1.54, 1.807) is 0 Å². The number of nitrogens with one attached hydrogen (secondary N) is 1. The molecule has 1 aliphatic rings. The first-order valence-electron chi connectivity index (χ1n) is 6.76. The second-order valence-corrected chi connectivity index (χ2v) is 5.20. The molecule has 1 saturated carbocycles. The van der Waals surface area contributed by atoms with Crippen LogP contribution in [0.2, 0.25) is 0 Å². The summed E-state index contributed by atoms with van der Waals surface area (Å²) in [7, 11) is 0. The third-order valence-electron chi connectivity index (χ3n) is 3.90. The molecule has 1 heterocycles. The number of aromatic amines is 1. The van der Waals surface area contributed by atoms with Gasteiger partial charge in [0.15, 0.2) is 0 Å². The minimum Gasteiger partial charge on any atom is -0.310 e. The van der Waals surface area contributed by atoms with Crippen molar-refractivity contribution in [3.8, 4) is 0 Å². The highest BCUT2D eigenvalue weighted by Crippen LogP contribution is 2.28. The van der Waals surface area contributed by atoms with E-state index in [1.807, 2.05) is 13.8 Å². The lowest BCUT2D eigenvalue weighted by molar-refractivity contribution is 0.441.